The maximum atomic E-state index is 6.10. The van der Waals surface area contributed by atoms with E-state index < -0.39 is 0 Å². The maximum absolute atomic E-state index is 6.10. The second kappa shape index (κ2) is 5.63. The van der Waals surface area contributed by atoms with Crippen molar-refractivity contribution in [2.75, 3.05) is 37.9 Å². The van der Waals surface area contributed by atoms with Crippen molar-refractivity contribution in [3.63, 3.8) is 0 Å². The molecule has 0 saturated carbocycles. The minimum Gasteiger partial charge on any atom is -0.493 e. The molecule has 6 nitrogen and oxygen atoms in total. The molecule has 0 radical (unpaired) electrons. The van der Waals surface area contributed by atoms with Crippen LogP contribution in [0, 0.1) is 0 Å². The molecule has 1 fully saturated rings. The molecule has 2 heterocycles. The van der Waals surface area contributed by atoms with Crippen molar-refractivity contribution in [3.8, 4) is 11.5 Å². The minimum absolute atomic E-state index is 0.474. The summed E-state index contributed by atoms with van der Waals surface area (Å²) < 4.78 is 10.6. The van der Waals surface area contributed by atoms with Crippen molar-refractivity contribution in [2.24, 2.45) is 0 Å². The molecule has 0 aliphatic carbocycles. The Balaban J connectivity index is 2.09. The summed E-state index contributed by atoms with van der Waals surface area (Å²) in [4.78, 5) is 11.3. The zero-order valence-electron chi connectivity index (χ0n) is 12.4. The molecule has 112 valence electrons. The van der Waals surface area contributed by atoms with Gasteiger partial charge in [0, 0.05) is 24.5 Å². The largest absolute Gasteiger partial charge is 0.493 e. The van der Waals surface area contributed by atoms with Crippen LogP contribution in [-0.2, 0) is 0 Å². The summed E-state index contributed by atoms with van der Waals surface area (Å²) in [5.41, 5.74) is 6.88. The molecule has 1 saturated heterocycles. The number of fused-ring (bicyclic) bond motifs is 1. The van der Waals surface area contributed by atoms with Crippen LogP contribution in [0.5, 0.6) is 11.5 Å². The first-order chi connectivity index (χ1) is 10.2. The Labute approximate surface area is 123 Å². The number of nitrogens with zero attached hydrogens (tertiary/aromatic N) is 3. The van der Waals surface area contributed by atoms with Crippen LogP contribution in [0.3, 0.4) is 0 Å². The Morgan fingerprint density at radius 2 is 1.67 bits per heavy atom. The smallest absolute Gasteiger partial charge is 0.227 e. The lowest BCUT2D eigenvalue weighted by Gasteiger charge is -2.27. The lowest BCUT2D eigenvalue weighted by atomic mass is 10.1. The average molecular weight is 288 g/mol. The number of anilines is 2. The number of piperidine rings is 1. The van der Waals surface area contributed by atoms with Crippen LogP contribution in [0.4, 0.5) is 11.8 Å². The highest BCUT2D eigenvalue weighted by Crippen LogP contribution is 2.34. The van der Waals surface area contributed by atoms with Crippen molar-refractivity contribution in [1.82, 2.24) is 9.97 Å². The van der Waals surface area contributed by atoms with Gasteiger partial charge in [-0.1, -0.05) is 0 Å². The van der Waals surface area contributed by atoms with Crippen molar-refractivity contribution >= 4 is 22.7 Å². The molecular formula is C15H20N4O2. The predicted molar refractivity (Wildman–Crippen MR) is 83.1 cm³/mol. The summed E-state index contributed by atoms with van der Waals surface area (Å²) in [7, 11) is 3.21. The van der Waals surface area contributed by atoms with Gasteiger partial charge in [0.2, 0.25) is 5.95 Å². The zero-order valence-corrected chi connectivity index (χ0v) is 12.4. The standard InChI is InChI=1S/C15H20N4O2/c1-20-12-8-10-11(9-13(12)21-2)17-15(18-14(10)16)19-6-4-3-5-7-19/h8-9H,3-7H2,1-2H3,(H2,16,17,18). The van der Waals surface area contributed by atoms with Gasteiger partial charge in [0.25, 0.3) is 0 Å². The summed E-state index contributed by atoms with van der Waals surface area (Å²) in [6.45, 7) is 1.97. The van der Waals surface area contributed by atoms with Crippen LogP contribution in [0.25, 0.3) is 10.9 Å². The normalized spacial score (nSPS) is 15.2. The van der Waals surface area contributed by atoms with E-state index in [4.69, 9.17) is 15.2 Å². The zero-order chi connectivity index (χ0) is 14.8. The molecule has 0 atom stereocenters. The fourth-order valence-electron chi connectivity index (χ4n) is 2.70. The van der Waals surface area contributed by atoms with E-state index in [2.05, 4.69) is 14.9 Å². The van der Waals surface area contributed by atoms with E-state index in [0.717, 1.165) is 24.0 Å². The molecule has 6 heteroatoms. The van der Waals surface area contributed by atoms with Crippen molar-refractivity contribution < 1.29 is 9.47 Å². The third-order valence-corrected chi connectivity index (χ3v) is 3.86. The van der Waals surface area contributed by atoms with Crippen molar-refractivity contribution in [1.29, 1.82) is 0 Å². The number of hydrogen-bond donors (Lipinski definition) is 1. The quantitative estimate of drug-likeness (QED) is 0.933. The Hall–Kier alpha value is -2.24. The summed E-state index contributed by atoms with van der Waals surface area (Å²) in [5, 5.41) is 0.786. The molecule has 1 aliphatic rings. The van der Waals surface area contributed by atoms with Crippen molar-refractivity contribution in [3.05, 3.63) is 12.1 Å². The number of benzene rings is 1. The molecule has 3 rings (SSSR count). The number of nitrogen functional groups attached to an aromatic ring is 1. The third kappa shape index (κ3) is 2.53. The average Bonchev–Trinajstić information content (AvgIpc) is 2.54. The number of aromatic nitrogens is 2. The highest BCUT2D eigenvalue weighted by molar-refractivity contribution is 5.91. The van der Waals surface area contributed by atoms with E-state index in [9.17, 15) is 0 Å². The van der Waals surface area contributed by atoms with E-state index in [1.165, 1.54) is 19.3 Å². The number of hydrogen-bond acceptors (Lipinski definition) is 6. The third-order valence-electron chi connectivity index (χ3n) is 3.86. The van der Waals surface area contributed by atoms with Gasteiger partial charge in [-0.05, 0) is 25.3 Å². The molecular weight excluding hydrogens is 268 g/mol. The van der Waals surface area contributed by atoms with Gasteiger partial charge in [-0.25, -0.2) is 4.98 Å². The fourth-order valence-corrected chi connectivity index (χ4v) is 2.70. The van der Waals surface area contributed by atoms with E-state index in [1.807, 2.05) is 12.1 Å². The van der Waals surface area contributed by atoms with Gasteiger partial charge in [0.05, 0.1) is 19.7 Å². The van der Waals surface area contributed by atoms with Crippen LogP contribution in [-0.4, -0.2) is 37.3 Å². The van der Waals surface area contributed by atoms with Gasteiger partial charge in [-0.15, -0.1) is 0 Å². The minimum atomic E-state index is 0.474. The lowest BCUT2D eigenvalue weighted by molar-refractivity contribution is 0.356. The number of nitrogens with two attached hydrogens (primary N) is 1. The van der Waals surface area contributed by atoms with Gasteiger partial charge in [-0.2, -0.15) is 4.98 Å². The van der Waals surface area contributed by atoms with Crippen LogP contribution in [0.1, 0.15) is 19.3 Å². The fraction of sp³-hybridized carbons (Fsp3) is 0.467. The monoisotopic (exact) mass is 288 g/mol. The summed E-state index contributed by atoms with van der Waals surface area (Å²) in [5.74, 6) is 2.45. The van der Waals surface area contributed by atoms with Gasteiger partial charge in [0.15, 0.2) is 11.5 Å². The van der Waals surface area contributed by atoms with Crippen LogP contribution >= 0.6 is 0 Å². The van der Waals surface area contributed by atoms with E-state index in [1.54, 1.807) is 14.2 Å². The lowest BCUT2D eigenvalue weighted by Crippen LogP contribution is -2.31. The highest BCUT2D eigenvalue weighted by Gasteiger charge is 2.17. The predicted octanol–water partition coefficient (Wildman–Crippen LogP) is 2.22. The molecule has 0 amide bonds. The molecule has 0 bridgehead atoms. The number of methoxy groups -OCH3 is 2. The molecule has 0 unspecified atom stereocenters. The first-order valence-electron chi connectivity index (χ1n) is 7.17. The summed E-state index contributed by atoms with van der Waals surface area (Å²) in [6.07, 6.45) is 3.62. The second-order valence-electron chi connectivity index (χ2n) is 5.18. The first kappa shape index (κ1) is 13.7. The molecule has 1 aliphatic heterocycles. The molecule has 0 spiro atoms. The molecule has 2 N–H and O–H groups in total. The van der Waals surface area contributed by atoms with Crippen LogP contribution in [0.2, 0.25) is 0 Å². The maximum Gasteiger partial charge on any atom is 0.227 e. The molecule has 21 heavy (non-hydrogen) atoms. The van der Waals surface area contributed by atoms with E-state index in [-0.39, 0.29) is 0 Å². The SMILES string of the molecule is COc1cc2nc(N3CCCCC3)nc(N)c2cc1OC. The second-order valence-corrected chi connectivity index (χ2v) is 5.18. The van der Waals surface area contributed by atoms with E-state index >= 15 is 0 Å². The number of rotatable bonds is 3. The van der Waals surface area contributed by atoms with Gasteiger partial charge in [0.1, 0.15) is 5.82 Å². The summed E-state index contributed by atoms with van der Waals surface area (Å²) >= 11 is 0. The van der Waals surface area contributed by atoms with Gasteiger partial charge in [-0.3, -0.25) is 0 Å². The number of ether oxygens (including phenoxy) is 2. The van der Waals surface area contributed by atoms with E-state index in [0.29, 0.717) is 23.3 Å². The highest BCUT2D eigenvalue weighted by atomic mass is 16.5. The van der Waals surface area contributed by atoms with Crippen molar-refractivity contribution in [2.45, 2.75) is 19.3 Å². The molecule has 1 aromatic carbocycles. The molecule has 1 aromatic heterocycles. The Kier molecular flexibility index (Phi) is 3.68. The van der Waals surface area contributed by atoms with Gasteiger partial charge < -0.3 is 20.1 Å². The van der Waals surface area contributed by atoms with Crippen LogP contribution in [0.15, 0.2) is 12.1 Å². The first-order valence-corrected chi connectivity index (χ1v) is 7.17. The Morgan fingerprint density at radius 3 is 2.33 bits per heavy atom. The summed E-state index contributed by atoms with van der Waals surface area (Å²) in [6, 6.07) is 3.67. The Bertz CT molecular complexity index is 654. The van der Waals surface area contributed by atoms with Gasteiger partial charge >= 0.3 is 0 Å². The topological polar surface area (TPSA) is 73.5 Å². The molecule has 2 aromatic rings. The van der Waals surface area contributed by atoms with Crippen LogP contribution < -0.4 is 20.1 Å². The Morgan fingerprint density at radius 1 is 1.00 bits per heavy atom.